The molecule has 3 aliphatic rings. The van der Waals surface area contributed by atoms with Crippen LogP contribution in [0.4, 0.5) is 11.4 Å². The number of hydrogen-bond acceptors (Lipinski definition) is 6. The summed E-state index contributed by atoms with van der Waals surface area (Å²) in [6.07, 6.45) is 1.01. The molecule has 4 rings (SSSR count). The predicted octanol–water partition coefficient (Wildman–Crippen LogP) is 2.22. The van der Waals surface area contributed by atoms with Crippen LogP contribution < -0.4 is 4.90 Å². The fourth-order valence-corrected chi connectivity index (χ4v) is 5.13. The number of fused-ring (bicyclic) bond motifs is 4. The maximum Gasteiger partial charge on any atom is 0.269 e. The van der Waals surface area contributed by atoms with Crippen molar-refractivity contribution < 1.29 is 14.5 Å². The highest BCUT2D eigenvalue weighted by Crippen LogP contribution is 2.51. The molecule has 1 saturated carbocycles. The van der Waals surface area contributed by atoms with Crippen LogP contribution >= 0.6 is 0 Å². The Hall–Kier alpha value is -2.28. The van der Waals surface area contributed by atoms with E-state index in [4.69, 9.17) is 0 Å². The third kappa shape index (κ3) is 2.67. The van der Waals surface area contributed by atoms with Gasteiger partial charge in [0.25, 0.3) is 5.69 Å². The lowest BCUT2D eigenvalue weighted by Crippen LogP contribution is -2.68. The molecular weight excluding hydrogens is 346 g/mol. The molecule has 0 radical (unpaired) electrons. The average Bonchev–Trinajstić information content (AvgIpc) is 2.58. The Morgan fingerprint density at radius 3 is 2.41 bits per heavy atom. The molecule has 1 unspecified atom stereocenters. The van der Waals surface area contributed by atoms with Gasteiger partial charge in [0.2, 0.25) is 0 Å². The molecule has 144 valence electrons. The molecule has 1 spiro atoms. The maximum atomic E-state index is 13.4. The molecule has 2 fully saturated rings. The van der Waals surface area contributed by atoms with Gasteiger partial charge in [-0.1, -0.05) is 13.8 Å². The van der Waals surface area contributed by atoms with Crippen molar-refractivity contribution in [3.8, 4) is 0 Å². The van der Waals surface area contributed by atoms with Crippen LogP contribution in [-0.4, -0.2) is 54.1 Å². The van der Waals surface area contributed by atoms with Gasteiger partial charge in [-0.05, 0) is 30.5 Å². The molecule has 1 aromatic rings. The summed E-state index contributed by atoms with van der Waals surface area (Å²) in [5.74, 6) is -0.0163. The fourth-order valence-electron chi connectivity index (χ4n) is 5.13. The number of piperazine rings is 1. The molecule has 1 aromatic carbocycles. The fraction of sp³-hybridized carbons (Fsp3) is 0.600. The van der Waals surface area contributed by atoms with Crippen molar-refractivity contribution >= 4 is 22.9 Å². The molecule has 27 heavy (non-hydrogen) atoms. The van der Waals surface area contributed by atoms with Gasteiger partial charge in [0, 0.05) is 50.3 Å². The number of hydrogen-bond donors (Lipinski definition) is 0. The molecule has 1 atom stereocenters. The zero-order valence-electron chi connectivity index (χ0n) is 16.0. The van der Waals surface area contributed by atoms with E-state index in [-0.39, 0.29) is 35.1 Å². The SMILES string of the molecule is CN1CCN2c3ccc([N+](=O)[O-])cc3CC3(C(=O)CC(C)(C)CC3=O)C2C1. The number of nitro benzene ring substituents is 1. The first-order valence-corrected chi connectivity index (χ1v) is 9.43. The number of ketones is 2. The molecule has 2 aliphatic heterocycles. The van der Waals surface area contributed by atoms with Crippen LogP contribution in [-0.2, 0) is 16.0 Å². The number of likely N-dealkylation sites (N-methyl/N-ethyl adjacent to an activating group) is 1. The minimum Gasteiger partial charge on any atom is -0.364 e. The molecule has 7 nitrogen and oxygen atoms in total. The normalized spacial score (nSPS) is 26.6. The van der Waals surface area contributed by atoms with Gasteiger partial charge >= 0.3 is 0 Å². The molecule has 0 aromatic heterocycles. The van der Waals surface area contributed by atoms with Crippen molar-refractivity contribution in [1.82, 2.24) is 4.90 Å². The van der Waals surface area contributed by atoms with E-state index >= 15 is 0 Å². The molecule has 1 saturated heterocycles. The second kappa shape index (κ2) is 5.86. The van der Waals surface area contributed by atoms with Crippen molar-refractivity contribution in [3.05, 3.63) is 33.9 Å². The first kappa shape index (κ1) is 18.1. The number of nitrogens with zero attached hydrogens (tertiary/aromatic N) is 3. The molecular formula is C20H25N3O4. The Bertz CT molecular complexity index is 828. The Morgan fingerprint density at radius 1 is 1.11 bits per heavy atom. The lowest BCUT2D eigenvalue weighted by Gasteiger charge is -2.55. The van der Waals surface area contributed by atoms with E-state index in [2.05, 4.69) is 9.80 Å². The second-order valence-corrected chi connectivity index (χ2v) is 9.05. The summed E-state index contributed by atoms with van der Waals surface area (Å²) < 4.78 is 0. The summed E-state index contributed by atoms with van der Waals surface area (Å²) in [6.45, 7) is 6.10. The Labute approximate surface area is 158 Å². The van der Waals surface area contributed by atoms with E-state index in [9.17, 15) is 19.7 Å². The molecule has 1 aliphatic carbocycles. The van der Waals surface area contributed by atoms with Gasteiger partial charge in [0.1, 0.15) is 17.0 Å². The lowest BCUT2D eigenvalue weighted by atomic mass is 9.56. The largest absolute Gasteiger partial charge is 0.364 e. The van der Waals surface area contributed by atoms with Crippen LogP contribution in [0.1, 0.15) is 32.3 Å². The lowest BCUT2D eigenvalue weighted by molar-refractivity contribution is -0.384. The third-order valence-electron chi connectivity index (χ3n) is 6.48. The van der Waals surface area contributed by atoms with Crippen molar-refractivity contribution in [2.24, 2.45) is 10.8 Å². The smallest absolute Gasteiger partial charge is 0.269 e. The second-order valence-electron chi connectivity index (χ2n) is 9.05. The summed E-state index contributed by atoms with van der Waals surface area (Å²) >= 11 is 0. The van der Waals surface area contributed by atoms with Gasteiger partial charge in [0.05, 0.1) is 11.0 Å². The molecule has 7 heteroatoms. The van der Waals surface area contributed by atoms with Crippen molar-refractivity contribution in [3.63, 3.8) is 0 Å². The summed E-state index contributed by atoms with van der Waals surface area (Å²) in [6, 6.07) is 4.63. The van der Waals surface area contributed by atoms with E-state index in [1.54, 1.807) is 12.1 Å². The number of carbonyl (C=O) groups is 2. The van der Waals surface area contributed by atoms with E-state index in [1.165, 1.54) is 6.07 Å². The van der Waals surface area contributed by atoms with E-state index in [1.807, 2.05) is 20.9 Å². The summed E-state index contributed by atoms with van der Waals surface area (Å²) in [4.78, 5) is 41.9. The number of rotatable bonds is 1. The predicted molar refractivity (Wildman–Crippen MR) is 101 cm³/mol. The highest BCUT2D eigenvalue weighted by atomic mass is 16.6. The topological polar surface area (TPSA) is 83.8 Å². The monoisotopic (exact) mass is 371 g/mol. The van der Waals surface area contributed by atoms with Gasteiger partial charge in [-0.2, -0.15) is 0 Å². The van der Waals surface area contributed by atoms with Crippen LogP contribution in [0.15, 0.2) is 18.2 Å². The van der Waals surface area contributed by atoms with E-state index < -0.39 is 10.3 Å². The van der Waals surface area contributed by atoms with Crippen LogP contribution in [0.5, 0.6) is 0 Å². The highest BCUT2D eigenvalue weighted by Gasteiger charge is 2.60. The number of Topliss-reactive ketones (excluding diaryl/α,β-unsaturated/α-hetero) is 2. The minimum atomic E-state index is -1.09. The maximum absolute atomic E-state index is 13.4. The number of carbonyl (C=O) groups excluding carboxylic acids is 2. The van der Waals surface area contributed by atoms with Gasteiger partial charge in [-0.15, -0.1) is 0 Å². The summed E-state index contributed by atoms with van der Waals surface area (Å²) in [5.41, 5.74) is 0.258. The molecule has 0 bridgehead atoms. The van der Waals surface area contributed by atoms with Crippen LogP contribution in [0.25, 0.3) is 0 Å². The van der Waals surface area contributed by atoms with Crippen molar-refractivity contribution in [1.29, 1.82) is 0 Å². The van der Waals surface area contributed by atoms with Crippen LogP contribution in [0.3, 0.4) is 0 Å². The van der Waals surface area contributed by atoms with E-state index in [0.29, 0.717) is 25.9 Å². The molecule has 0 N–H and O–H groups in total. The highest BCUT2D eigenvalue weighted by molar-refractivity contribution is 6.11. The summed E-state index contributed by atoms with van der Waals surface area (Å²) in [7, 11) is 2.01. The molecule has 0 amide bonds. The van der Waals surface area contributed by atoms with Crippen molar-refractivity contribution in [2.45, 2.75) is 39.2 Å². The standard InChI is InChI=1S/C20H25N3O4/c1-19(2)10-17(24)20(18(25)11-19)9-13-8-14(23(26)27)4-5-15(13)22-7-6-21(3)12-16(20)22/h4-5,8,16H,6-7,9-12H2,1-3H3. The zero-order valence-corrected chi connectivity index (χ0v) is 16.0. The first-order valence-electron chi connectivity index (χ1n) is 9.43. The van der Waals surface area contributed by atoms with Crippen molar-refractivity contribution in [2.75, 3.05) is 31.6 Å². The Balaban J connectivity index is 1.87. The zero-order chi connectivity index (χ0) is 19.6. The first-order chi connectivity index (χ1) is 12.6. The van der Waals surface area contributed by atoms with Gasteiger partial charge in [0.15, 0.2) is 0 Å². The Kier molecular flexibility index (Phi) is 3.93. The number of benzene rings is 1. The summed E-state index contributed by atoms with van der Waals surface area (Å²) in [5, 5.41) is 11.2. The molecule has 2 heterocycles. The number of nitro groups is 1. The van der Waals surface area contributed by atoms with Gasteiger partial charge < -0.3 is 9.80 Å². The third-order valence-corrected chi connectivity index (χ3v) is 6.48. The van der Waals surface area contributed by atoms with E-state index in [0.717, 1.165) is 17.8 Å². The average molecular weight is 371 g/mol. The minimum absolute atomic E-state index is 0.00696. The Morgan fingerprint density at radius 2 is 1.78 bits per heavy atom. The quantitative estimate of drug-likeness (QED) is 0.428. The van der Waals surface area contributed by atoms with Gasteiger partial charge in [-0.3, -0.25) is 19.7 Å². The number of non-ortho nitro benzene ring substituents is 1. The van der Waals surface area contributed by atoms with Gasteiger partial charge in [-0.25, -0.2) is 0 Å². The van der Waals surface area contributed by atoms with Crippen LogP contribution in [0, 0.1) is 20.9 Å². The van der Waals surface area contributed by atoms with Crippen LogP contribution in [0.2, 0.25) is 0 Å². The number of anilines is 1.